The van der Waals surface area contributed by atoms with E-state index in [-0.39, 0.29) is 4.90 Å². The zero-order chi connectivity index (χ0) is 15.2. The number of nitrogens with zero attached hydrogens (tertiary/aromatic N) is 2. The maximum atomic E-state index is 10.4. The molecule has 20 heavy (non-hydrogen) atoms. The molecule has 0 spiro atoms. The monoisotopic (exact) mass is 290 g/mol. The lowest BCUT2D eigenvalue weighted by molar-refractivity contribution is 0.463. The van der Waals surface area contributed by atoms with Gasteiger partial charge < -0.3 is 4.55 Å². The van der Waals surface area contributed by atoms with E-state index < -0.39 is 10.1 Å². The van der Waals surface area contributed by atoms with Crippen molar-refractivity contribution in [3.8, 4) is 0 Å². The van der Waals surface area contributed by atoms with Crippen LogP contribution in [0.2, 0.25) is 0 Å². The Kier molecular flexibility index (Phi) is 5.38. The summed E-state index contributed by atoms with van der Waals surface area (Å²) in [6.45, 7) is 3.72. The highest BCUT2D eigenvalue weighted by molar-refractivity contribution is 7.85. The predicted molar refractivity (Wildman–Crippen MR) is 75.1 cm³/mol. The van der Waals surface area contributed by atoms with Crippen LogP contribution in [0.15, 0.2) is 53.4 Å². The second-order valence-corrected chi connectivity index (χ2v) is 5.53. The van der Waals surface area contributed by atoms with Crippen LogP contribution in [-0.2, 0) is 10.1 Å². The largest absolute Gasteiger partial charge is 0.744 e. The van der Waals surface area contributed by atoms with Crippen LogP contribution in [0, 0.1) is 19.2 Å². The number of hydrogen-bond acceptors (Lipinski definition) is 4. The molecule has 0 atom stereocenters. The van der Waals surface area contributed by atoms with Crippen molar-refractivity contribution in [2.24, 2.45) is 0 Å². The second-order valence-electron chi connectivity index (χ2n) is 4.15. The summed E-state index contributed by atoms with van der Waals surface area (Å²) in [5.74, 6) is 0. The molecule has 104 valence electrons. The number of aryl methyl sites for hydroxylation is 2. The minimum absolute atomic E-state index is 0.178. The maximum Gasteiger partial charge on any atom is 0.387 e. The molecule has 0 saturated heterocycles. The third-order valence-electron chi connectivity index (χ3n) is 2.53. The Morgan fingerprint density at radius 1 is 1.00 bits per heavy atom. The molecule has 0 unspecified atom stereocenters. The van der Waals surface area contributed by atoms with Crippen LogP contribution in [0.5, 0.6) is 0 Å². The van der Waals surface area contributed by atoms with Gasteiger partial charge in [-0.3, -0.25) is 0 Å². The molecule has 5 nitrogen and oxygen atoms in total. The van der Waals surface area contributed by atoms with Crippen molar-refractivity contribution < 1.29 is 13.0 Å². The summed E-state index contributed by atoms with van der Waals surface area (Å²) < 4.78 is 31.2. The summed E-state index contributed by atoms with van der Waals surface area (Å²) >= 11 is 0. The van der Waals surface area contributed by atoms with Gasteiger partial charge in [-0.15, -0.1) is 0 Å². The van der Waals surface area contributed by atoms with Gasteiger partial charge in [0.25, 0.3) is 0 Å². The SMILES string of the molecule is Cc1ccc(S(=O)(=O)[O-])cc1.Cc1ccccc1[N+]#N. The molecule has 0 fully saturated rings. The van der Waals surface area contributed by atoms with Crippen LogP contribution in [-0.4, -0.2) is 13.0 Å². The van der Waals surface area contributed by atoms with Gasteiger partial charge in [-0.05, 0) is 26.0 Å². The van der Waals surface area contributed by atoms with Gasteiger partial charge in [-0.2, -0.15) is 0 Å². The van der Waals surface area contributed by atoms with Gasteiger partial charge in [0, 0.05) is 11.6 Å². The third-order valence-corrected chi connectivity index (χ3v) is 3.38. The molecule has 0 aliphatic heterocycles. The number of benzene rings is 2. The summed E-state index contributed by atoms with van der Waals surface area (Å²) in [6.07, 6.45) is 0. The van der Waals surface area contributed by atoms with Gasteiger partial charge in [0.2, 0.25) is 5.39 Å². The van der Waals surface area contributed by atoms with E-state index in [1.807, 2.05) is 32.0 Å². The Morgan fingerprint density at radius 2 is 1.55 bits per heavy atom. The summed E-state index contributed by atoms with van der Waals surface area (Å²) in [6, 6.07) is 13.2. The van der Waals surface area contributed by atoms with E-state index in [1.54, 1.807) is 18.2 Å². The first-order valence-electron chi connectivity index (χ1n) is 5.78. The minimum atomic E-state index is -4.27. The zero-order valence-corrected chi connectivity index (χ0v) is 12.0. The standard InChI is InChI=1S/C7H7N2.C7H8O3S/c1-6-4-2-3-5-7(6)9-8;1-6-2-4-7(5-3-6)11(8,9)10/h2-5H,1H3;2-5H,1H3,(H,8,9,10)/q+1;/p-1. The summed E-state index contributed by atoms with van der Waals surface area (Å²) in [5, 5.41) is 8.34. The normalized spacial score (nSPS) is 10.1. The number of hydrogen-bond donors (Lipinski definition) is 0. The summed E-state index contributed by atoms with van der Waals surface area (Å²) in [7, 11) is -4.27. The minimum Gasteiger partial charge on any atom is -0.744 e. The highest BCUT2D eigenvalue weighted by Crippen LogP contribution is 2.15. The molecule has 0 amide bonds. The van der Waals surface area contributed by atoms with E-state index in [9.17, 15) is 13.0 Å². The van der Waals surface area contributed by atoms with Crippen LogP contribution in [0.25, 0.3) is 4.98 Å². The van der Waals surface area contributed by atoms with Gasteiger partial charge in [0.1, 0.15) is 10.1 Å². The first-order valence-corrected chi connectivity index (χ1v) is 7.18. The van der Waals surface area contributed by atoms with Crippen molar-refractivity contribution in [1.29, 1.82) is 5.39 Å². The van der Waals surface area contributed by atoms with E-state index in [0.717, 1.165) is 11.1 Å². The Balaban J connectivity index is 0.000000204. The first-order chi connectivity index (χ1) is 9.34. The lowest BCUT2D eigenvalue weighted by Gasteiger charge is -2.05. The zero-order valence-electron chi connectivity index (χ0n) is 11.1. The molecule has 0 aliphatic carbocycles. The summed E-state index contributed by atoms with van der Waals surface area (Å²) in [4.78, 5) is 2.89. The molecular weight excluding hydrogens is 276 g/mol. The fourth-order valence-corrected chi connectivity index (χ4v) is 1.85. The van der Waals surface area contributed by atoms with Crippen LogP contribution in [0.3, 0.4) is 0 Å². The molecule has 0 N–H and O–H groups in total. The molecule has 2 rings (SSSR count). The Bertz CT molecular complexity index is 717. The molecule has 2 aromatic rings. The van der Waals surface area contributed by atoms with Gasteiger partial charge in [0.15, 0.2) is 4.98 Å². The Labute approximate surface area is 118 Å². The van der Waals surface area contributed by atoms with Gasteiger partial charge in [0.05, 0.1) is 4.90 Å². The van der Waals surface area contributed by atoms with E-state index in [1.165, 1.54) is 12.1 Å². The highest BCUT2D eigenvalue weighted by atomic mass is 32.2. The molecule has 0 radical (unpaired) electrons. The predicted octanol–water partition coefficient (Wildman–Crippen LogP) is 3.38. The van der Waals surface area contributed by atoms with Crippen molar-refractivity contribution in [3.05, 3.63) is 64.6 Å². The van der Waals surface area contributed by atoms with Crippen molar-refractivity contribution in [1.82, 2.24) is 0 Å². The molecular formula is C14H14N2O3S. The quantitative estimate of drug-likeness (QED) is 0.595. The lowest BCUT2D eigenvalue weighted by Crippen LogP contribution is -1.97. The van der Waals surface area contributed by atoms with E-state index in [2.05, 4.69) is 4.98 Å². The third kappa shape index (κ3) is 4.80. The maximum absolute atomic E-state index is 10.4. The molecule has 0 aliphatic rings. The fourth-order valence-electron chi connectivity index (χ4n) is 1.38. The fraction of sp³-hybridized carbons (Fsp3) is 0.143. The molecule has 0 aromatic heterocycles. The van der Waals surface area contributed by atoms with Crippen molar-refractivity contribution in [3.63, 3.8) is 0 Å². The van der Waals surface area contributed by atoms with E-state index in [0.29, 0.717) is 5.69 Å². The van der Waals surface area contributed by atoms with Crippen molar-refractivity contribution in [2.75, 3.05) is 0 Å². The highest BCUT2D eigenvalue weighted by Gasteiger charge is 2.04. The number of rotatable bonds is 1. The van der Waals surface area contributed by atoms with Crippen LogP contribution < -0.4 is 0 Å². The average molecular weight is 290 g/mol. The molecule has 0 saturated carbocycles. The molecule has 0 bridgehead atoms. The topological polar surface area (TPSA) is 85.3 Å². The summed E-state index contributed by atoms with van der Waals surface area (Å²) in [5.41, 5.74) is 2.55. The molecule has 6 heteroatoms. The molecule has 0 heterocycles. The lowest BCUT2D eigenvalue weighted by atomic mass is 10.2. The van der Waals surface area contributed by atoms with Crippen LogP contribution in [0.4, 0.5) is 5.69 Å². The van der Waals surface area contributed by atoms with Crippen LogP contribution >= 0.6 is 0 Å². The number of diazo groups is 1. The van der Waals surface area contributed by atoms with Crippen molar-refractivity contribution >= 4 is 15.8 Å². The first kappa shape index (κ1) is 15.8. The van der Waals surface area contributed by atoms with Crippen molar-refractivity contribution in [2.45, 2.75) is 18.7 Å². The van der Waals surface area contributed by atoms with E-state index >= 15 is 0 Å². The Hall–Kier alpha value is -2.23. The average Bonchev–Trinajstić information content (AvgIpc) is 2.39. The van der Waals surface area contributed by atoms with E-state index in [4.69, 9.17) is 5.39 Å². The molecule has 2 aromatic carbocycles. The van der Waals surface area contributed by atoms with Gasteiger partial charge in [-0.1, -0.05) is 35.9 Å². The smallest absolute Gasteiger partial charge is 0.387 e. The van der Waals surface area contributed by atoms with Gasteiger partial charge in [-0.25, -0.2) is 8.42 Å². The van der Waals surface area contributed by atoms with Crippen LogP contribution in [0.1, 0.15) is 11.1 Å². The van der Waals surface area contributed by atoms with Gasteiger partial charge >= 0.3 is 5.69 Å². The Morgan fingerprint density at radius 3 is 1.95 bits per heavy atom. The second kappa shape index (κ2) is 6.80.